The molecule has 26 heavy (non-hydrogen) atoms. The average molecular weight is 363 g/mol. The third kappa shape index (κ3) is 4.17. The lowest BCUT2D eigenvalue weighted by Crippen LogP contribution is -2.25. The van der Waals surface area contributed by atoms with Gasteiger partial charge in [-0.25, -0.2) is 0 Å². The highest BCUT2D eigenvalue weighted by Crippen LogP contribution is 2.36. The average Bonchev–Trinajstić information content (AvgIpc) is 2.97. The number of rotatable bonds is 4. The van der Waals surface area contributed by atoms with Crippen LogP contribution in [0.15, 0.2) is 48.5 Å². The fraction of sp³-hybridized carbons (Fsp3) is 0.211. The van der Waals surface area contributed by atoms with Crippen molar-refractivity contribution in [2.24, 2.45) is 0 Å². The molecule has 0 saturated heterocycles. The molecule has 1 unspecified atom stereocenters. The summed E-state index contributed by atoms with van der Waals surface area (Å²) in [5.74, 6) is -0.610. The Kier molecular flexibility index (Phi) is 4.88. The van der Waals surface area contributed by atoms with Crippen molar-refractivity contribution in [2.75, 3.05) is 0 Å². The molecule has 0 aliphatic heterocycles. The van der Waals surface area contributed by atoms with Gasteiger partial charge in [-0.2, -0.15) is 0 Å². The molecule has 2 N–H and O–H groups in total. The number of phenolic OH excluding ortho intramolecular Hbond substituents is 1. The molecule has 0 spiro atoms. The molecular weight excluding hydrogens is 347 g/mol. The summed E-state index contributed by atoms with van der Waals surface area (Å²) in [6.45, 7) is 0. The Morgan fingerprint density at radius 1 is 1.19 bits per heavy atom. The van der Waals surface area contributed by atoms with E-state index in [2.05, 4.69) is 10.1 Å². The lowest BCUT2D eigenvalue weighted by molar-refractivity contribution is -0.274. The predicted molar refractivity (Wildman–Crippen MR) is 89.5 cm³/mol. The third-order valence-electron chi connectivity index (χ3n) is 4.12. The zero-order valence-corrected chi connectivity index (χ0v) is 13.6. The predicted octanol–water partition coefficient (Wildman–Crippen LogP) is 4.11. The van der Waals surface area contributed by atoms with Gasteiger partial charge < -0.3 is 15.2 Å². The van der Waals surface area contributed by atoms with Crippen LogP contribution < -0.4 is 10.1 Å². The maximum absolute atomic E-state index is 12.4. The van der Waals surface area contributed by atoms with E-state index in [0.717, 1.165) is 11.1 Å². The van der Waals surface area contributed by atoms with E-state index in [0.29, 0.717) is 12.8 Å². The van der Waals surface area contributed by atoms with E-state index < -0.39 is 12.3 Å². The molecule has 0 saturated carbocycles. The number of aromatic hydroxyl groups is 1. The van der Waals surface area contributed by atoms with Crippen LogP contribution in [0.2, 0.25) is 0 Å². The normalized spacial score (nSPS) is 16.5. The molecule has 2 aromatic rings. The number of alkyl halides is 3. The van der Waals surface area contributed by atoms with Crippen LogP contribution >= 0.6 is 0 Å². The fourth-order valence-corrected chi connectivity index (χ4v) is 3.01. The van der Waals surface area contributed by atoms with E-state index in [4.69, 9.17) is 0 Å². The van der Waals surface area contributed by atoms with Crippen LogP contribution in [0.1, 0.15) is 29.2 Å². The van der Waals surface area contributed by atoms with Crippen LogP contribution in [-0.2, 0) is 11.2 Å². The highest BCUT2D eigenvalue weighted by molar-refractivity contribution is 5.92. The molecule has 7 heteroatoms. The largest absolute Gasteiger partial charge is 0.573 e. The van der Waals surface area contributed by atoms with Gasteiger partial charge in [-0.15, -0.1) is 13.2 Å². The first-order chi connectivity index (χ1) is 12.3. The number of benzene rings is 2. The second kappa shape index (κ2) is 7.11. The molecule has 0 aromatic heterocycles. The topological polar surface area (TPSA) is 58.6 Å². The SMILES string of the molecule is O=C(/C=C/c1ccccc1OC(F)(F)F)NC1CCc2c(O)cccc21. The second-order valence-electron chi connectivity index (χ2n) is 5.86. The molecule has 4 nitrogen and oxygen atoms in total. The summed E-state index contributed by atoms with van der Waals surface area (Å²) in [7, 11) is 0. The Labute approximate surface area is 147 Å². The van der Waals surface area contributed by atoms with Crippen LogP contribution in [-0.4, -0.2) is 17.4 Å². The van der Waals surface area contributed by atoms with Gasteiger partial charge in [-0.3, -0.25) is 4.79 Å². The van der Waals surface area contributed by atoms with E-state index in [1.807, 2.05) is 6.07 Å². The highest BCUT2D eigenvalue weighted by Gasteiger charge is 2.31. The maximum atomic E-state index is 12.4. The Morgan fingerprint density at radius 3 is 2.73 bits per heavy atom. The minimum Gasteiger partial charge on any atom is -0.508 e. The van der Waals surface area contributed by atoms with Gasteiger partial charge in [0.25, 0.3) is 0 Å². The van der Waals surface area contributed by atoms with Crippen LogP contribution in [0.25, 0.3) is 6.08 Å². The van der Waals surface area contributed by atoms with E-state index in [-0.39, 0.29) is 23.1 Å². The third-order valence-corrected chi connectivity index (χ3v) is 4.12. The number of carbonyl (C=O) groups excluding carboxylic acids is 1. The van der Waals surface area contributed by atoms with Crippen LogP contribution in [0.4, 0.5) is 13.2 Å². The van der Waals surface area contributed by atoms with Gasteiger partial charge in [0, 0.05) is 11.6 Å². The van der Waals surface area contributed by atoms with Crippen molar-refractivity contribution >= 4 is 12.0 Å². The molecule has 136 valence electrons. The number of hydrogen-bond donors (Lipinski definition) is 2. The lowest BCUT2D eigenvalue weighted by Gasteiger charge is -2.13. The smallest absolute Gasteiger partial charge is 0.508 e. The zero-order valence-electron chi connectivity index (χ0n) is 13.6. The molecule has 1 aliphatic rings. The lowest BCUT2D eigenvalue weighted by atomic mass is 10.1. The number of para-hydroxylation sites is 1. The summed E-state index contributed by atoms with van der Waals surface area (Å²) in [6.07, 6.45) is -1.06. The molecule has 0 radical (unpaired) electrons. The number of carbonyl (C=O) groups is 1. The quantitative estimate of drug-likeness (QED) is 0.804. The van der Waals surface area contributed by atoms with Crippen molar-refractivity contribution in [1.29, 1.82) is 0 Å². The summed E-state index contributed by atoms with van der Waals surface area (Å²) in [5, 5.41) is 12.6. The zero-order chi connectivity index (χ0) is 18.7. The van der Waals surface area contributed by atoms with E-state index in [1.165, 1.54) is 30.4 Å². The van der Waals surface area contributed by atoms with E-state index in [1.54, 1.807) is 18.2 Å². The number of hydrogen-bond acceptors (Lipinski definition) is 3. The van der Waals surface area contributed by atoms with Crippen LogP contribution in [0.5, 0.6) is 11.5 Å². The van der Waals surface area contributed by atoms with Crippen LogP contribution in [0, 0.1) is 0 Å². The molecule has 0 heterocycles. The van der Waals surface area contributed by atoms with Crippen molar-refractivity contribution in [2.45, 2.75) is 25.2 Å². The molecule has 0 bridgehead atoms. The van der Waals surface area contributed by atoms with E-state index >= 15 is 0 Å². The maximum Gasteiger partial charge on any atom is 0.573 e. The number of fused-ring (bicyclic) bond motifs is 1. The van der Waals surface area contributed by atoms with Crippen LogP contribution in [0.3, 0.4) is 0 Å². The number of amides is 1. The van der Waals surface area contributed by atoms with Gasteiger partial charge in [0.05, 0.1) is 6.04 Å². The molecule has 1 aliphatic carbocycles. The molecule has 2 aromatic carbocycles. The van der Waals surface area contributed by atoms with Gasteiger partial charge in [-0.05, 0) is 42.2 Å². The molecule has 1 amide bonds. The van der Waals surface area contributed by atoms with Crippen molar-refractivity contribution in [1.82, 2.24) is 5.32 Å². The fourth-order valence-electron chi connectivity index (χ4n) is 3.01. The molecule has 0 fully saturated rings. The van der Waals surface area contributed by atoms with Crippen molar-refractivity contribution in [3.63, 3.8) is 0 Å². The van der Waals surface area contributed by atoms with Gasteiger partial charge >= 0.3 is 6.36 Å². The standard InChI is InChI=1S/C19H16F3NO3/c20-19(21,22)26-17-7-2-1-4-12(17)8-11-18(25)23-15-10-9-14-13(15)5-3-6-16(14)24/h1-8,11,15,24H,9-10H2,(H,23,25)/b11-8+. The number of nitrogens with one attached hydrogen (secondary N) is 1. The number of halogens is 3. The Morgan fingerprint density at radius 2 is 1.96 bits per heavy atom. The Hall–Kier alpha value is -2.96. The Balaban J connectivity index is 1.70. The molecule has 1 atom stereocenters. The highest BCUT2D eigenvalue weighted by atomic mass is 19.4. The summed E-state index contributed by atoms with van der Waals surface area (Å²) < 4.78 is 41.2. The second-order valence-corrected chi connectivity index (χ2v) is 5.86. The first-order valence-electron chi connectivity index (χ1n) is 7.97. The van der Waals surface area contributed by atoms with Crippen molar-refractivity contribution < 1.29 is 27.8 Å². The molecule has 3 rings (SSSR count). The van der Waals surface area contributed by atoms with Gasteiger partial charge in [0.2, 0.25) is 5.91 Å². The van der Waals surface area contributed by atoms with Gasteiger partial charge in [-0.1, -0.05) is 30.3 Å². The van der Waals surface area contributed by atoms with Crippen molar-refractivity contribution in [3.8, 4) is 11.5 Å². The minimum atomic E-state index is -4.80. The summed E-state index contributed by atoms with van der Waals surface area (Å²) in [6, 6.07) is 10.5. The van der Waals surface area contributed by atoms with E-state index in [9.17, 15) is 23.1 Å². The summed E-state index contributed by atoms with van der Waals surface area (Å²) in [4.78, 5) is 12.1. The van der Waals surface area contributed by atoms with Gasteiger partial charge in [0.1, 0.15) is 11.5 Å². The number of phenols is 1. The van der Waals surface area contributed by atoms with Crippen molar-refractivity contribution in [3.05, 3.63) is 65.2 Å². The summed E-state index contributed by atoms with van der Waals surface area (Å²) in [5.41, 5.74) is 1.81. The minimum absolute atomic E-state index is 0.143. The number of ether oxygens (including phenoxy) is 1. The summed E-state index contributed by atoms with van der Waals surface area (Å²) >= 11 is 0. The van der Waals surface area contributed by atoms with Gasteiger partial charge in [0.15, 0.2) is 0 Å². The first kappa shape index (κ1) is 17.8. The molecular formula is C19H16F3NO3. The first-order valence-corrected chi connectivity index (χ1v) is 7.97. The monoisotopic (exact) mass is 363 g/mol. The Bertz CT molecular complexity index is 846.